The van der Waals surface area contributed by atoms with Crippen LogP contribution in [0.5, 0.6) is 0 Å². The highest BCUT2D eigenvalue weighted by molar-refractivity contribution is 5.86. The van der Waals surface area contributed by atoms with Crippen LogP contribution in [0.2, 0.25) is 0 Å². The molecule has 0 aromatic carbocycles. The molecule has 1 N–H and O–H groups in total. The third-order valence-electron chi connectivity index (χ3n) is 4.30. The minimum Gasteiger partial charge on any atom is -0.477 e. The van der Waals surface area contributed by atoms with E-state index in [0.29, 0.717) is 0 Å². The molecule has 1 aromatic rings. The van der Waals surface area contributed by atoms with Gasteiger partial charge >= 0.3 is 5.97 Å². The zero-order chi connectivity index (χ0) is 15.4. The van der Waals surface area contributed by atoms with Crippen molar-refractivity contribution >= 4 is 11.9 Å². The van der Waals surface area contributed by atoms with Crippen molar-refractivity contribution in [3.63, 3.8) is 0 Å². The smallest absolute Gasteiger partial charge is 0.352 e. The number of amides is 1. The summed E-state index contributed by atoms with van der Waals surface area (Å²) in [6.45, 7) is 5.31. The maximum Gasteiger partial charge on any atom is 0.352 e. The fourth-order valence-corrected chi connectivity index (χ4v) is 2.83. The molecule has 1 amide bonds. The van der Waals surface area contributed by atoms with Gasteiger partial charge in [0.2, 0.25) is 5.91 Å². The third kappa shape index (κ3) is 3.64. The molecule has 1 fully saturated rings. The molecule has 1 aliphatic rings. The Morgan fingerprint density at radius 1 is 1.38 bits per heavy atom. The van der Waals surface area contributed by atoms with E-state index in [2.05, 4.69) is 11.8 Å². The molecule has 21 heavy (non-hydrogen) atoms. The number of aromatic nitrogens is 1. The average molecular weight is 293 g/mol. The van der Waals surface area contributed by atoms with E-state index in [1.807, 2.05) is 7.05 Å². The molecular weight excluding hydrogens is 270 g/mol. The molecule has 0 unspecified atom stereocenters. The molecule has 1 aliphatic heterocycles. The number of carboxylic acids is 1. The zero-order valence-corrected chi connectivity index (χ0v) is 12.7. The van der Waals surface area contributed by atoms with Gasteiger partial charge in [-0.1, -0.05) is 6.92 Å². The van der Waals surface area contributed by atoms with E-state index >= 15 is 0 Å². The first-order chi connectivity index (χ1) is 10.0. The van der Waals surface area contributed by atoms with Gasteiger partial charge in [0.25, 0.3) is 0 Å². The number of nitrogens with zero attached hydrogens (tertiary/aromatic N) is 3. The number of carbonyl (C=O) groups excluding carboxylic acids is 1. The van der Waals surface area contributed by atoms with Crippen LogP contribution < -0.4 is 0 Å². The number of likely N-dealkylation sites (tertiary alicyclic amines) is 1. The fourth-order valence-electron chi connectivity index (χ4n) is 2.83. The third-order valence-corrected chi connectivity index (χ3v) is 4.30. The molecule has 116 valence electrons. The van der Waals surface area contributed by atoms with Crippen molar-refractivity contribution in [1.29, 1.82) is 0 Å². The Morgan fingerprint density at radius 2 is 2.05 bits per heavy atom. The van der Waals surface area contributed by atoms with Crippen molar-refractivity contribution in [2.24, 2.45) is 0 Å². The van der Waals surface area contributed by atoms with Crippen molar-refractivity contribution in [3.8, 4) is 0 Å². The number of carbonyl (C=O) groups is 2. The van der Waals surface area contributed by atoms with Crippen molar-refractivity contribution in [3.05, 3.63) is 24.0 Å². The topological polar surface area (TPSA) is 65.8 Å². The average Bonchev–Trinajstić information content (AvgIpc) is 2.95. The van der Waals surface area contributed by atoms with E-state index in [9.17, 15) is 9.59 Å². The lowest BCUT2D eigenvalue weighted by atomic mass is 10.0. The molecule has 0 atom stereocenters. The number of hydrogen-bond acceptors (Lipinski definition) is 3. The van der Waals surface area contributed by atoms with Crippen LogP contribution in [0.15, 0.2) is 18.3 Å². The van der Waals surface area contributed by atoms with Crippen LogP contribution in [0.4, 0.5) is 0 Å². The Morgan fingerprint density at radius 3 is 2.62 bits per heavy atom. The normalized spacial score (nSPS) is 16.9. The van der Waals surface area contributed by atoms with Crippen LogP contribution >= 0.6 is 0 Å². The molecule has 6 nitrogen and oxygen atoms in total. The molecule has 1 saturated heterocycles. The van der Waals surface area contributed by atoms with Gasteiger partial charge in [-0.15, -0.1) is 0 Å². The van der Waals surface area contributed by atoms with E-state index in [-0.39, 0.29) is 24.2 Å². The van der Waals surface area contributed by atoms with Crippen LogP contribution in [0.25, 0.3) is 0 Å². The van der Waals surface area contributed by atoms with Crippen LogP contribution in [-0.4, -0.2) is 64.1 Å². The number of carboxylic acid groups (broad SMARTS) is 1. The monoisotopic (exact) mass is 293 g/mol. The predicted molar refractivity (Wildman–Crippen MR) is 79.3 cm³/mol. The van der Waals surface area contributed by atoms with Crippen LogP contribution in [0, 0.1) is 0 Å². The minimum atomic E-state index is -1.01. The molecular formula is C15H23N3O3. The summed E-state index contributed by atoms with van der Waals surface area (Å²) in [5.74, 6) is -1.05. The highest BCUT2D eigenvalue weighted by Gasteiger charge is 2.25. The summed E-state index contributed by atoms with van der Waals surface area (Å²) < 4.78 is 1.49. The number of rotatable bonds is 5. The molecule has 0 aliphatic carbocycles. The quantitative estimate of drug-likeness (QED) is 0.884. The fraction of sp³-hybridized carbons (Fsp3) is 0.600. The van der Waals surface area contributed by atoms with Crippen molar-refractivity contribution < 1.29 is 14.7 Å². The van der Waals surface area contributed by atoms with Crippen LogP contribution in [-0.2, 0) is 11.3 Å². The van der Waals surface area contributed by atoms with Crippen molar-refractivity contribution in [2.45, 2.75) is 32.4 Å². The SMILES string of the molecule is CCN1CCC(N(C)C(=O)Cn2cccc2C(=O)O)CC1. The Balaban J connectivity index is 1.94. The van der Waals surface area contributed by atoms with Gasteiger partial charge in [-0.3, -0.25) is 4.79 Å². The molecule has 2 heterocycles. The molecule has 6 heteroatoms. The van der Waals surface area contributed by atoms with Crippen molar-refractivity contribution in [2.75, 3.05) is 26.7 Å². The van der Waals surface area contributed by atoms with Gasteiger partial charge in [0.1, 0.15) is 12.2 Å². The molecule has 0 saturated carbocycles. The first-order valence-electron chi connectivity index (χ1n) is 7.39. The van der Waals surface area contributed by atoms with Gasteiger partial charge in [-0.05, 0) is 31.5 Å². The summed E-state index contributed by atoms with van der Waals surface area (Å²) in [7, 11) is 1.82. The lowest BCUT2D eigenvalue weighted by molar-refractivity contribution is -0.133. The zero-order valence-electron chi connectivity index (χ0n) is 12.7. The molecule has 0 bridgehead atoms. The summed E-state index contributed by atoms with van der Waals surface area (Å²) in [5.41, 5.74) is 0.151. The Kier molecular flexibility index (Phi) is 5.01. The van der Waals surface area contributed by atoms with Gasteiger partial charge in [-0.2, -0.15) is 0 Å². The summed E-state index contributed by atoms with van der Waals surface area (Å²) in [6.07, 6.45) is 3.59. The maximum absolute atomic E-state index is 12.3. The summed E-state index contributed by atoms with van der Waals surface area (Å²) in [4.78, 5) is 27.5. The second-order valence-electron chi connectivity index (χ2n) is 5.50. The lowest BCUT2D eigenvalue weighted by Gasteiger charge is -2.36. The van der Waals surface area contributed by atoms with Gasteiger partial charge in [0, 0.05) is 32.4 Å². The highest BCUT2D eigenvalue weighted by atomic mass is 16.4. The second kappa shape index (κ2) is 6.76. The van der Waals surface area contributed by atoms with Gasteiger partial charge in [0.15, 0.2) is 0 Å². The number of aromatic carboxylic acids is 1. The Labute approximate surface area is 124 Å². The largest absolute Gasteiger partial charge is 0.477 e. The van der Waals surface area contributed by atoms with Crippen LogP contribution in [0.1, 0.15) is 30.3 Å². The van der Waals surface area contributed by atoms with E-state index < -0.39 is 5.97 Å². The van der Waals surface area contributed by atoms with E-state index in [1.54, 1.807) is 17.2 Å². The number of hydrogen-bond donors (Lipinski definition) is 1. The van der Waals surface area contributed by atoms with Gasteiger partial charge in [0.05, 0.1) is 0 Å². The summed E-state index contributed by atoms with van der Waals surface area (Å²) in [5, 5.41) is 9.06. The first kappa shape index (κ1) is 15.6. The highest BCUT2D eigenvalue weighted by Crippen LogP contribution is 2.16. The number of likely N-dealkylation sites (N-methyl/N-ethyl adjacent to an activating group) is 1. The molecule has 2 rings (SSSR count). The van der Waals surface area contributed by atoms with E-state index in [0.717, 1.165) is 32.5 Å². The van der Waals surface area contributed by atoms with Crippen LogP contribution in [0.3, 0.4) is 0 Å². The van der Waals surface area contributed by atoms with E-state index in [1.165, 1.54) is 10.6 Å². The molecule has 0 spiro atoms. The summed E-state index contributed by atoms with van der Waals surface area (Å²) in [6, 6.07) is 3.41. The Bertz CT molecular complexity index is 504. The number of piperidine rings is 1. The standard InChI is InChI=1S/C15H23N3O3/c1-3-17-9-6-12(7-10-17)16(2)14(19)11-18-8-4-5-13(18)15(20)21/h4-5,8,12H,3,6-7,9-11H2,1-2H3,(H,20,21). The van der Waals surface area contributed by atoms with Gasteiger partial charge < -0.3 is 19.5 Å². The molecule has 1 aromatic heterocycles. The molecule has 0 radical (unpaired) electrons. The maximum atomic E-state index is 12.3. The van der Waals surface area contributed by atoms with Crippen molar-refractivity contribution in [1.82, 2.24) is 14.4 Å². The first-order valence-corrected chi connectivity index (χ1v) is 7.39. The van der Waals surface area contributed by atoms with E-state index in [4.69, 9.17) is 5.11 Å². The minimum absolute atomic E-state index is 0.0383. The second-order valence-corrected chi connectivity index (χ2v) is 5.50. The lowest BCUT2D eigenvalue weighted by Crippen LogP contribution is -2.46. The van der Waals surface area contributed by atoms with Gasteiger partial charge in [-0.25, -0.2) is 4.79 Å². The Hall–Kier alpha value is -1.82. The predicted octanol–water partition coefficient (Wildman–Crippen LogP) is 1.13. The summed E-state index contributed by atoms with van der Waals surface area (Å²) >= 11 is 0.